The normalized spacial score (nSPS) is 23.9. The Bertz CT molecular complexity index is 370. The Labute approximate surface area is 107 Å². The molecule has 1 saturated carbocycles. The van der Waals surface area contributed by atoms with Crippen molar-refractivity contribution in [2.24, 2.45) is 11.8 Å². The highest BCUT2D eigenvalue weighted by molar-refractivity contribution is 7.88. The molecule has 8 heteroatoms. The summed E-state index contributed by atoms with van der Waals surface area (Å²) in [5.74, 6) is 0.254. The van der Waals surface area contributed by atoms with Gasteiger partial charge in [0.05, 0.1) is 6.61 Å². The van der Waals surface area contributed by atoms with Crippen LogP contribution in [0.1, 0.15) is 26.2 Å². The Morgan fingerprint density at radius 3 is 2.67 bits per heavy atom. The van der Waals surface area contributed by atoms with Crippen molar-refractivity contribution in [1.82, 2.24) is 9.44 Å². The summed E-state index contributed by atoms with van der Waals surface area (Å²) in [4.78, 5) is 11.0. The van der Waals surface area contributed by atoms with E-state index in [0.29, 0.717) is 0 Å². The molecule has 1 aliphatic rings. The minimum atomic E-state index is -3.88. The molecule has 0 aliphatic heterocycles. The molecule has 2 atom stereocenters. The summed E-state index contributed by atoms with van der Waals surface area (Å²) in [6.07, 6.45) is 1.79. The molecule has 1 fully saturated rings. The van der Waals surface area contributed by atoms with Crippen LogP contribution in [0.5, 0.6) is 0 Å². The minimum Gasteiger partial charge on any atom is -0.449 e. The van der Waals surface area contributed by atoms with Crippen LogP contribution in [0.2, 0.25) is 0 Å². The van der Waals surface area contributed by atoms with E-state index < -0.39 is 16.3 Å². The second kappa shape index (κ2) is 6.91. The Hall–Kier alpha value is -0.860. The van der Waals surface area contributed by atoms with Gasteiger partial charge in [-0.2, -0.15) is 13.1 Å². The summed E-state index contributed by atoms with van der Waals surface area (Å²) in [6.45, 7) is 1.98. The van der Waals surface area contributed by atoms with E-state index in [9.17, 15) is 13.2 Å². The smallest absolute Gasteiger partial charge is 0.421 e. The van der Waals surface area contributed by atoms with Gasteiger partial charge in [0, 0.05) is 13.2 Å². The lowest BCUT2D eigenvalue weighted by Crippen LogP contribution is -2.42. The summed E-state index contributed by atoms with van der Waals surface area (Å²) in [5, 5.41) is 9.11. The predicted octanol–water partition coefficient (Wildman–Crippen LogP) is -0.0245. The molecule has 0 aromatic carbocycles. The first-order valence-electron chi connectivity index (χ1n) is 6.03. The number of carbonyl (C=O) groups is 1. The van der Waals surface area contributed by atoms with Crippen molar-refractivity contribution in [2.75, 3.05) is 19.8 Å². The third-order valence-electron chi connectivity index (χ3n) is 3.08. The lowest BCUT2D eigenvalue weighted by Gasteiger charge is -2.17. The van der Waals surface area contributed by atoms with Crippen LogP contribution in [0.25, 0.3) is 0 Å². The quantitative estimate of drug-likeness (QED) is 0.634. The summed E-state index contributed by atoms with van der Waals surface area (Å²) in [7, 11) is -3.88. The average molecular weight is 280 g/mol. The lowest BCUT2D eigenvalue weighted by atomic mass is 9.97. The van der Waals surface area contributed by atoms with Crippen molar-refractivity contribution in [3.8, 4) is 0 Å². The van der Waals surface area contributed by atoms with Gasteiger partial charge in [0.2, 0.25) is 0 Å². The van der Waals surface area contributed by atoms with E-state index in [1.165, 1.54) is 0 Å². The molecule has 0 radical (unpaired) electrons. The monoisotopic (exact) mass is 280 g/mol. The molecular weight excluding hydrogens is 260 g/mol. The van der Waals surface area contributed by atoms with Gasteiger partial charge < -0.3 is 9.84 Å². The van der Waals surface area contributed by atoms with Gasteiger partial charge in [0.1, 0.15) is 0 Å². The second-order valence-electron chi connectivity index (χ2n) is 4.31. The second-order valence-corrected chi connectivity index (χ2v) is 5.81. The SMILES string of the molecule is CCOC(=O)NS(=O)(=O)NCC1CCCC1CO. The maximum atomic E-state index is 11.5. The molecule has 106 valence electrons. The number of amides is 1. The van der Waals surface area contributed by atoms with Crippen molar-refractivity contribution >= 4 is 16.3 Å². The molecule has 0 aromatic rings. The van der Waals surface area contributed by atoms with E-state index in [2.05, 4.69) is 9.46 Å². The first kappa shape index (κ1) is 15.2. The minimum absolute atomic E-state index is 0.0672. The van der Waals surface area contributed by atoms with Crippen molar-refractivity contribution < 1.29 is 23.1 Å². The Balaban J connectivity index is 2.39. The van der Waals surface area contributed by atoms with Gasteiger partial charge in [0.15, 0.2) is 0 Å². The highest BCUT2D eigenvalue weighted by Crippen LogP contribution is 2.30. The number of hydrogen-bond acceptors (Lipinski definition) is 5. The maximum Gasteiger partial charge on any atom is 0.421 e. The van der Waals surface area contributed by atoms with Gasteiger partial charge in [-0.15, -0.1) is 0 Å². The summed E-state index contributed by atoms with van der Waals surface area (Å²) >= 11 is 0. The van der Waals surface area contributed by atoms with Gasteiger partial charge >= 0.3 is 16.3 Å². The number of hydrogen-bond donors (Lipinski definition) is 3. The summed E-state index contributed by atoms with van der Waals surface area (Å²) in [6, 6.07) is 0. The molecule has 1 rings (SSSR count). The number of nitrogens with one attached hydrogen (secondary N) is 2. The average Bonchev–Trinajstić information content (AvgIpc) is 2.73. The number of ether oxygens (including phenoxy) is 1. The number of carbonyl (C=O) groups excluding carboxylic acids is 1. The van der Waals surface area contributed by atoms with Crippen LogP contribution in [0.3, 0.4) is 0 Å². The number of rotatable bonds is 6. The van der Waals surface area contributed by atoms with Crippen LogP contribution >= 0.6 is 0 Å². The third kappa shape index (κ3) is 4.79. The van der Waals surface area contributed by atoms with Gasteiger partial charge in [-0.05, 0) is 31.6 Å². The number of aliphatic hydroxyl groups is 1. The molecule has 2 unspecified atom stereocenters. The Morgan fingerprint density at radius 2 is 2.06 bits per heavy atom. The molecule has 3 N–H and O–H groups in total. The fourth-order valence-electron chi connectivity index (χ4n) is 2.15. The molecule has 0 heterocycles. The molecule has 0 aromatic heterocycles. The van der Waals surface area contributed by atoms with Crippen LogP contribution in [-0.2, 0) is 14.9 Å². The zero-order chi connectivity index (χ0) is 13.6. The van der Waals surface area contributed by atoms with Gasteiger partial charge in [0.25, 0.3) is 0 Å². The van der Waals surface area contributed by atoms with Crippen molar-refractivity contribution in [2.45, 2.75) is 26.2 Å². The van der Waals surface area contributed by atoms with E-state index in [1.54, 1.807) is 11.6 Å². The van der Waals surface area contributed by atoms with Gasteiger partial charge in [-0.25, -0.2) is 9.52 Å². The molecule has 18 heavy (non-hydrogen) atoms. The van der Waals surface area contributed by atoms with Crippen LogP contribution in [-0.4, -0.2) is 39.4 Å². The Morgan fingerprint density at radius 1 is 1.39 bits per heavy atom. The third-order valence-corrected chi connectivity index (χ3v) is 4.06. The molecule has 7 nitrogen and oxygen atoms in total. The molecular formula is C10H20N2O5S. The van der Waals surface area contributed by atoms with Crippen LogP contribution in [0.4, 0.5) is 4.79 Å². The first-order valence-corrected chi connectivity index (χ1v) is 7.51. The largest absolute Gasteiger partial charge is 0.449 e. The molecule has 1 amide bonds. The highest BCUT2D eigenvalue weighted by atomic mass is 32.2. The predicted molar refractivity (Wildman–Crippen MR) is 65.0 cm³/mol. The highest BCUT2D eigenvalue weighted by Gasteiger charge is 2.28. The van der Waals surface area contributed by atoms with Crippen molar-refractivity contribution in [1.29, 1.82) is 0 Å². The molecule has 1 aliphatic carbocycles. The standard InChI is InChI=1S/C10H20N2O5S/c1-2-17-10(14)12-18(15,16)11-6-8-4-3-5-9(8)7-13/h8-9,11,13H,2-7H2,1H3,(H,12,14). The van der Waals surface area contributed by atoms with Crippen molar-refractivity contribution in [3.05, 3.63) is 0 Å². The first-order chi connectivity index (χ1) is 8.48. The van der Waals surface area contributed by atoms with Crippen LogP contribution in [0.15, 0.2) is 0 Å². The lowest BCUT2D eigenvalue weighted by molar-refractivity contribution is 0.158. The molecule has 0 saturated heterocycles. The molecule has 0 bridgehead atoms. The summed E-state index contributed by atoms with van der Waals surface area (Å²) in [5.41, 5.74) is 0. The maximum absolute atomic E-state index is 11.5. The fourth-order valence-corrected chi connectivity index (χ4v) is 2.93. The summed E-state index contributed by atoms with van der Waals surface area (Å²) < 4.78 is 31.5. The van der Waals surface area contributed by atoms with Crippen LogP contribution < -0.4 is 9.44 Å². The van der Waals surface area contributed by atoms with E-state index in [-0.39, 0.29) is 31.6 Å². The topological polar surface area (TPSA) is 105 Å². The van der Waals surface area contributed by atoms with E-state index in [0.717, 1.165) is 19.3 Å². The fraction of sp³-hybridized carbons (Fsp3) is 0.900. The Kier molecular flexibility index (Phi) is 5.83. The van der Waals surface area contributed by atoms with E-state index in [4.69, 9.17) is 5.11 Å². The van der Waals surface area contributed by atoms with Crippen LogP contribution in [0, 0.1) is 11.8 Å². The van der Waals surface area contributed by atoms with Gasteiger partial charge in [-0.1, -0.05) is 6.42 Å². The van der Waals surface area contributed by atoms with E-state index in [1.807, 2.05) is 0 Å². The number of aliphatic hydroxyl groups excluding tert-OH is 1. The van der Waals surface area contributed by atoms with Crippen molar-refractivity contribution in [3.63, 3.8) is 0 Å². The van der Waals surface area contributed by atoms with Gasteiger partial charge in [-0.3, -0.25) is 0 Å². The van der Waals surface area contributed by atoms with E-state index >= 15 is 0 Å². The zero-order valence-corrected chi connectivity index (χ0v) is 11.2. The zero-order valence-electron chi connectivity index (χ0n) is 10.4. The molecule has 0 spiro atoms.